The highest BCUT2D eigenvalue weighted by Crippen LogP contribution is 2.22. The molecule has 0 spiro atoms. The molecule has 0 radical (unpaired) electrons. The molecule has 1 aromatic carbocycles. The molecule has 0 saturated carbocycles. The van der Waals surface area contributed by atoms with E-state index in [1.807, 2.05) is 19.1 Å². The minimum absolute atomic E-state index is 0.0976. The Morgan fingerprint density at radius 3 is 2.41 bits per heavy atom. The molecule has 0 atom stereocenters. The monoisotopic (exact) mass is 489 g/mol. The maximum absolute atomic E-state index is 12.1. The first-order valence-corrected chi connectivity index (χ1v) is 8.64. The van der Waals surface area contributed by atoms with Crippen LogP contribution in [0.25, 0.3) is 0 Å². The van der Waals surface area contributed by atoms with Crippen LogP contribution in [0.5, 0.6) is 0 Å². The van der Waals surface area contributed by atoms with Crippen LogP contribution in [0.2, 0.25) is 0 Å². The number of alkyl halides is 2. The number of hydrogen-bond acceptors (Lipinski definition) is 1. The maximum atomic E-state index is 12.1. The zero-order valence-electron chi connectivity index (χ0n) is 9.07. The standard InChI is InChI=1S/C11H11Br4NO/c1-11(5-12,6-13)16-10(17)8-4-7(14)2-3-9(8)15/h2-4H,5-6H2,1H3,(H,16,17). The van der Waals surface area contributed by atoms with Gasteiger partial charge in [-0.2, -0.15) is 0 Å². The van der Waals surface area contributed by atoms with Crippen LogP contribution in [-0.2, 0) is 0 Å². The lowest BCUT2D eigenvalue weighted by molar-refractivity contribution is 0.0922. The van der Waals surface area contributed by atoms with Gasteiger partial charge in [-0.1, -0.05) is 47.8 Å². The molecular weight excluding hydrogens is 482 g/mol. The normalized spacial score (nSPS) is 11.4. The zero-order chi connectivity index (χ0) is 13.1. The van der Waals surface area contributed by atoms with Crippen molar-refractivity contribution >= 4 is 69.6 Å². The van der Waals surface area contributed by atoms with Crippen molar-refractivity contribution in [3.63, 3.8) is 0 Å². The fourth-order valence-electron chi connectivity index (χ4n) is 1.12. The third kappa shape index (κ3) is 4.33. The van der Waals surface area contributed by atoms with Gasteiger partial charge in [-0.05, 0) is 41.1 Å². The summed E-state index contributed by atoms with van der Waals surface area (Å²) in [6, 6.07) is 5.52. The van der Waals surface area contributed by atoms with Gasteiger partial charge in [-0.25, -0.2) is 0 Å². The lowest BCUT2D eigenvalue weighted by atomic mass is 10.1. The van der Waals surface area contributed by atoms with Gasteiger partial charge in [0.2, 0.25) is 0 Å². The molecule has 0 aliphatic heterocycles. The Balaban J connectivity index is 2.94. The number of rotatable bonds is 4. The Morgan fingerprint density at radius 1 is 1.29 bits per heavy atom. The van der Waals surface area contributed by atoms with Crippen molar-refractivity contribution in [2.24, 2.45) is 0 Å². The molecule has 0 aromatic heterocycles. The molecule has 17 heavy (non-hydrogen) atoms. The van der Waals surface area contributed by atoms with E-state index in [2.05, 4.69) is 69.0 Å². The Kier molecular flexibility index (Phi) is 6.16. The predicted octanol–water partition coefficient (Wildman–Crippen LogP) is 4.49. The summed E-state index contributed by atoms with van der Waals surface area (Å²) in [5.41, 5.74) is 0.311. The van der Waals surface area contributed by atoms with Crippen LogP contribution < -0.4 is 5.32 Å². The van der Waals surface area contributed by atoms with Crippen LogP contribution in [0, 0.1) is 0 Å². The van der Waals surface area contributed by atoms with E-state index in [4.69, 9.17) is 0 Å². The van der Waals surface area contributed by atoms with Gasteiger partial charge in [0.25, 0.3) is 5.91 Å². The summed E-state index contributed by atoms with van der Waals surface area (Å²) in [4.78, 5) is 12.1. The van der Waals surface area contributed by atoms with Crippen LogP contribution >= 0.6 is 63.7 Å². The molecule has 1 amide bonds. The third-order valence-corrected chi connectivity index (χ3v) is 5.84. The fraction of sp³-hybridized carbons (Fsp3) is 0.364. The molecule has 2 nitrogen and oxygen atoms in total. The first kappa shape index (κ1) is 15.7. The summed E-state index contributed by atoms with van der Waals surface area (Å²) < 4.78 is 1.66. The van der Waals surface area contributed by atoms with E-state index in [1.54, 1.807) is 6.07 Å². The summed E-state index contributed by atoms with van der Waals surface area (Å²) in [5.74, 6) is -0.0976. The summed E-state index contributed by atoms with van der Waals surface area (Å²) in [7, 11) is 0. The minimum Gasteiger partial charge on any atom is -0.345 e. The van der Waals surface area contributed by atoms with E-state index in [-0.39, 0.29) is 11.4 Å². The van der Waals surface area contributed by atoms with E-state index in [1.165, 1.54) is 0 Å². The van der Waals surface area contributed by atoms with Crippen LogP contribution in [0.3, 0.4) is 0 Å². The van der Waals surface area contributed by atoms with Crippen molar-refractivity contribution in [1.29, 1.82) is 0 Å². The van der Waals surface area contributed by atoms with E-state index >= 15 is 0 Å². The van der Waals surface area contributed by atoms with Crippen molar-refractivity contribution in [1.82, 2.24) is 5.32 Å². The SMILES string of the molecule is CC(CBr)(CBr)NC(=O)c1cc(Br)ccc1Br. The van der Waals surface area contributed by atoms with E-state index in [9.17, 15) is 4.79 Å². The Bertz CT molecular complexity index is 418. The molecule has 1 N–H and O–H groups in total. The average Bonchev–Trinajstić information content (AvgIpc) is 2.32. The first-order valence-electron chi connectivity index (χ1n) is 4.81. The summed E-state index contributed by atoms with van der Waals surface area (Å²) in [5, 5.41) is 4.36. The molecule has 0 heterocycles. The van der Waals surface area contributed by atoms with Crippen LogP contribution in [0.1, 0.15) is 17.3 Å². The predicted molar refractivity (Wildman–Crippen MR) is 85.3 cm³/mol. The van der Waals surface area contributed by atoms with Gasteiger partial charge in [0.05, 0.1) is 11.1 Å². The lowest BCUT2D eigenvalue weighted by Gasteiger charge is -2.26. The average molecular weight is 493 g/mol. The molecule has 94 valence electrons. The van der Waals surface area contributed by atoms with Gasteiger partial charge in [-0.15, -0.1) is 0 Å². The third-order valence-electron chi connectivity index (χ3n) is 2.18. The highest BCUT2D eigenvalue weighted by atomic mass is 79.9. The maximum Gasteiger partial charge on any atom is 0.252 e. The van der Waals surface area contributed by atoms with Crippen molar-refractivity contribution < 1.29 is 4.79 Å². The number of carbonyl (C=O) groups excluding carboxylic acids is 1. The molecule has 0 saturated heterocycles. The molecule has 0 aliphatic carbocycles. The first-order chi connectivity index (χ1) is 7.91. The summed E-state index contributed by atoms with van der Waals surface area (Å²) in [6.07, 6.45) is 0. The number of halogens is 4. The molecule has 1 aromatic rings. The Labute approximate surface area is 134 Å². The van der Waals surface area contributed by atoms with Crippen molar-refractivity contribution in [3.8, 4) is 0 Å². The summed E-state index contributed by atoms with van der Waals surface area (Å²) in [6.45, 7) is 1.97. The van der Waals surface area contributed by atoms with Crippen molar-refractivity contribution in [3.05, 3.63) is 32.7 Å². The van der Waals surface area contributed by atoms with Gasteiger partial charge < -0.3 is 5.32 Å². The van der Waals surface area contributed by atoms with E-state index in [0.717, 1.165) is 8.95 Å². The number of amides is 1. The number of benzene rings is 1. The topological polar surface area (TPSA) is 29.1 Å². The van der Waals surface area contributed by atoms with E-state index < -0.39 is 0 Å². The molecule has 0 fully saturated rings. The molecule has 0 unspecified atom stereocenters. The second-order valence-electron chi connectivity index (χ2n) is 3.91. The number of hydrogen-bond donors (Lipinski definition) is 1. The van der Waals surface area contributed by atoms with Gasteiger partial charge in [-0.3, -0.25) is 4.79 Å². The highest BCUT2D eigenvalue weighted by Gasteiger charge is 2.25. The lowest BCUT2D eigenvalue weighted by Crippen LogP contribution is -2.49. The van der Waals surface area contributed by atoms with E-state index in [0.29, 0.717) is 16.2 Å². The quantitative estimate of drug-likeness (QED) is 0.617. The molecule has 1 rings (SSSR count). The largest absolute Gasteiger partial charge is 0.345 e. The zero-order valence-corrected chi connectivity index (χ0v) is 15.4. The second kappa shape index (κ2) is 6.68. The highest BCUT2D eigenvalue weighted by molar-refractivity contribution is 9.11. The second-order valence-corrected chi connectivity index (χ2v) is 6.80. The van der Waals surface area contributed by atoms with Crippen LogP contribution in [0.15, 0.2) is 27.1 Å². The van der Waals surface area contributed by atoms with Gasteiger partial charge >= 0.3 is 0 Å². The van der Waals surface area contributed by atoms with Crippen LogP contribution in [-0.4, -0.2) is 22.1 Å². The number of nitrogens with one attached hydrogen (secondary N) is 1. The smallest absolute Gasteiger partial charge is 0.252 e. The van der Waals surface area contributed by atoms with Gasteiger partial charge in [0.15, 0.2) is 0 Å². The minimum atomic E-state index is -0.307. The van der Waals surface area contributed by atoms with Gasteiger partial charge in [0, 0.05) is 19.6 Å². The van der Waals surface area contributed by atoms with Gasteiger partial charge in [0.1, 0.15) is 0 Å². The van der Waals surface area contributed by atoms with Crippen molar-refractivity contribution in [2.75, 3.05) is 10.7 Å². The Morgan fingerprint density at radius 2 is 1.88 bits per heavy atom. The number of carbonyl (C=O) groups is 1. The molecule has 6 heteroatoms. The fourth-order valence-corrected chi connectivity index (χ4v) is 3.11. The van der Waals surface area contributed by atoms with Crippen molar-refractivity contribution in [2.45, 2.75) is 12.5 Å². The Hall–Kier alpha value is 0.610. The molecular formula is C11H11Br4NO. The molecule has 0 aliphatic rings. The van der Waals surface area contributed by atoms with Crippen LogP contribution in [0.4, 0.5) is 0 Å². The summed E-state index contributed by atoms with van der Waals surface area (Å²) >= 11 is 13.5. The molecule has 0 bridgehead atoms.